The molecule has 0 amide bonds. The van der Waals surface area contributed by atoms with Gasteiger partial charge in [-0.25, -0.2) is 15.0 Å². The van der Waals surface area contributed by atoms with E-state index in [1.54, 1.807) is 42.5 Å². The van der Waals surface area contributed by atoms with Gasteiger partial charge in [0.15, 0.2) is 63.1 Å². The molecule has 0 bridgehead atoms. The molecule has 0 spiro atoms. The molecular weight excluding hydrogens is 815 g/mol. The zero-order chi connectivity index (χ0) is 43.7. The Bertz CT molecular complexity index is 3840. The molecule has 0 atom stereocenters. The summed E-state index contributed by atoms with van der Waals surface area (Å²) in [7, 11) is 0. The highest BCUT2D eigenvalue weighted by Gasteiger charge is 2.32. The summed E-state index contributed by atoms with van der Waals surface area (Å²) in [5, 5.41) is 124. The minimum atomic E-state index is -1.26. The van der Waals surface area contributed by atoms with Crippen LogP contribution in [0.15, 0.2) is 106 Å². The molecule has 63 heavy (non-hydrogen) atoms. The van der Waals surface area contributed by atoms with Crippen LogP contribution in [0.3, 0.4) is 0 Å². The maximum atomic E-state index is 11.8. The van der Waals surface area contributed by atoms with Gasteiger partial charge >= 0.3 is 0 Å². The van der Waals surface area contributed by atoms with E-state index in [9.17, 15) is 56.2 Å². The van der Waals surface area contributed by atoms with Crippen molar-refractivity contribution in [2.24, 2.45) is 0 Å². The van der Waals surface area contributed by atoms with Crippen LogP contribution in [0.25, 0.3) is 111 Å². The van der Waals surface area contributed by atoms with Crippen molar-refractivity contribution in [1.29, 1.82) is 0 Å². The number of hydrogen-bond acceptors (Lipinski definition) is 16. The zero-order valence-corrected chi connectivity index (χ0v) is 31.8. The molecule has 3 heterocycles. The number of benzene rings is 8. The largest absolute Gasteiger partial charge is 0.507 e. The van der Waals surface area contributed by atoms with Gasteiger partial charge in [-0.2, -0.15) is 0 Å². The summed E-state index contributed by atoms with van der Waals surface area (Å²) >= 11 is 0. The lowest BCUT2D eigenvalue weighted by Crippen LogP contribution is -2.01. The predicted octanol–water partition coefficient (Wildman–Crippen LogP) is 9.41. The first-order chi connectivity index (χ1) is 30.3. The third-order valence-corrected chi connectivity index (χ3v) is 11.3. The molecule has 8 aromatic carbocycles. The molecule has 0 saturated heterocycles. The summed E-state index contributed by atoms with van der Waals surface area (Å²) in [6, 6.07) is 27.4. The lowest BCUT2D eigenvalue weighted by Gasteiger charge is -2.17. The number of furan rings is 2. The molecule has 0 saturated carbocycles. The van der Waals surface area contributed by atoms with E-state index in [1.807, 2.05) is 42.5 Å². The van der Waals surface area contributed by atoms with E-state index in [4.69, 9.17) is 13.8 Å². The van der Waals surface area contributed by atoms with Crippen molar-refractivity contribution in [1.82, 2.24) is 15.0 Å². The number of aromatic nitrogens is 3. The van der Waals surface area contributed by atoms with E-state index in [2.05, 4.69) is 9.97 Å². The Labute approximate surface area is 350 Å². The van der Waals surface area contributed by atoms with Crippen LogP contribution < -0.4 is 0 Å². The third-order valence-electron chi connectivity index (χ3n) is 11.3. The quantitative estimate of drug-likeness (QED) is 0.0581. The van der Waals surface area contributed by atoms with E-state index in [0.717, 1.165) is 22.2 Å². The molecular formula is C47H27N3O13. The molecule has 0 aliphatic rings. The monoisotopic (exact) mass is 841 g/mol. The molecule has 11 aromatic rings. The standard InChI is InChI=1S/C47H27N3O13/c51-24-16-25(52)44-29(23-15-22(34(53)42(61)43(23)63-44)20-9-5-11-27-28(20)21-8-3-4-10-26(21)62-27)30(24)46-48-45(19-13-12-17-6-1-2-7-18(17)14-19)49-47(50-46)33-35(54)31-32(36(55)39(33)58)38(57)41(60)40(59)37(31)56/h1-16,51-61H. The molecule has 11 rings (SSSR count). The number of nitrogens with zero attached hydrogens (tertiary/aromatic N) is 3. The molecule has 0 unspecified atom stereocenters. The van der Waals surface area contributed by atoms with E-state index in [-0.39, 0.29) is 44.7 Å². The van der Waals surface area contributed by atoms with Gasteiger partial charge in [-0.15, -0.1) is 0 Å². The van der Waals surface area contributed by atoms with Gasteiger partial charge < -0.3 is 65.0 Å². The highest BCUT2D eigenvalue weighted by Crippen LogP contribution is 2.59. The van der Waals surface area contributed by atoms with Crippen LogP contribution in [0, 0.1) is 0 Å². The fraction of sp³-hybridized carbons (Fsp3) is 0. The second kappa shape index (κ2) is 12.8. The number of hydrogen-bond donors (Lipinski definition) is 11. The molecule has 0 aliphatic heterocycles. The molecule has 11 N–H and O–H groups in total. The van der Waals surface area contributed by atoms with Crippen LogP contribution >= 0.6 is 0 Å². The van der Waals surface area contributed by atoms with Crippen LogP contribution in [0.1, 0.15) is 0 Å². The fourth-order valence-corrected chi connectivity index (χ4v) is 8.36. The summed E-state index contributed by atoms with van der Waals surface area (Å²) in [4.78, 5) is 13.8. The maximum Gasteiger partial charge on any atom is 0.205 e. The lowest BCUT2D eigenvalue weighted by atomic mass is 9.95. The highest BCUT2D eigenvalue weighted by molar-refractivity contribution is 6.20. The van der Waals surface area contributed by atoms with Crippen LogP contribution in [-0.2, 0) is 0 Å². The van der Waals surface area contributed by atoms with Crippen molar-refractivity contribution in [2.75, 3.05) is 0 Å². The SMILES string of the molecule is Oc1cc(O)c2oc3c(O)c(O)c(-c4cccc5oc6ccccc6c45)cc3c2c1-c1nc(-c2ccc3ccccc3c2)nc(-c2c(O)c(O)c3c(O)c(O)c(O)c(O)c3c2O)n1. The van der Waals surface area contributed by atoms with E-state index < -0.39 is 85.4 Å². The van der Waals surface area contributed by atoms with Gasteiger partial charge in [-0.3, -0.25) is 0 Å². The number of para-hydroxylation sites is 1. The number of rotatable bonds is 4. The summed E-state index contributed by atoms with van der Waals surface area (Å²) in [5.74, 6) is -11.8. The predicted molar refractivity (Wildman–Crippen MR) is 229 cm³/mol. The van der Waals surface area contributed by atoms with Gasteiger partial charge in [-0.1, -0.05) is 66.7 Å². The molecule has 16 heteroatoms. The summed E-state index contributed by atoms with van der Waals surface area (Å²) < 4.78 is 12.1. The first kappa shape index (κ1) is 36.7. The van der Waals surface area contributed by atoms with Crippen molar-refractivity contribution < 1.29 is 65.0 Å². The Morgan fingerprint density at radius 1 is 0.349 bits per heavy atom. The van der Waals surface area contributed by atoms with Crippen LogP contribution in [0.4, 0.5) is 0 Å². The Kier molecular flexibility index (Phi) is 7.49. The van der Waals surface area contributed by atoms with Gasteiger partial charge in [0.05, 0.1) is 16.3 Å². The van der Waals surface area contributed by atoms with Crippen LogP contribution in [-0.4, -0.2) is 71.1 Å². The smallest absolute Gasteiger partial charge is 0.205 e. The molecule has 308 valence electrons. The van der Waals surface area contributed by atoms with E-state index in [0.29, 0.717) is 27.7 Å². The second-order valence-corrected chi connectivity index (χ2v) is 14.8. The van der Waals surface area contributed by atoms with E-state index >= 15 is 0 Å². The average Bonchev–Trinajstić information content (AvgIpc) is 3.87. The third kappa shape index (κ3) is 5.05. The zero-order valence-electron chi connectivity index (χ0n) is 31.8. The topological polar surface area (TPSA) is 287 Å². The molecule has 3 aromatic heterocycles. The van der Waals surface area contributed by atoms with Crippen molar-refractivity contribution in [3.05, 3.63) is 97.1 Å². The van der Waals surface area contributed by atoms with Gasteiger partial charge in [0.25, 0.3) is 0 Å². The number of phenols is 11. The van der Waals surface area contributed by atoms with Gasteiger partial charge in [-0.05, 0) is 40.6 Å². The Morgan fingerprint density at radius 3 is 1.75 bits per heavy atom. The van der Waals surface area contributed by atoms with Crippen LogP contribution in [0.2, 0.25) is 0 Å². The molecule has 0 radical (unpaired) electrons. The van der Waals surface area contributed by atoms with Crippen LogP contribution in [0.5, 0.6) is 63.2 Å². The van der Waals surface area contributed by atoms with Gasteiger partial charge in [0.1, 0.15) is 28.2 Å². The summed E-state index contributed by atoms with van der Waals surface area (Å²) in [5.41, 5.74) is 0.408. The lowest BCUT2D eigenvalue weighted by molar-refractivity contribution is 0.347. The summed E-state index contributed by atoms with van der Waals surface area (Å²) in [6.07, 6.45) is 0. The number of aromatic hydroxyl groups is 11. The minimum absolute atomic E-state index is 0.0558. The fourth-order valence-electron chi connectivity index (χ4n) is 8.36. The molecule has 16 nitrogen and oxygen atoms in total. The van der Waals surface area contributed by atoms with Crippen molar-refractivity contribution in [3.8, 4) is 109 Å². The molecule has 0 fully saturated rings. The Balaban J connectivity index is 1.24. The highest BCUT2D eigenvalue weighted by atomic mass is 16.4. The molecule has 0 aliphatic carbocycles. The van der Waals surface area contributed by atoms with E-state index in [1.165, 1.54) is 6.07 Å². The minimum Gasteiger partial charge on any atom is -0.507 e. The average molecular weight is 842 g/mol. The number of fused-ring (bicyclic) bond motifs is 8. The Morgan fingerprint density at radius 2 is 0.984 bits per heavy atom. The van der Waals surface area contributed by atoms with Crippen molar-refractivity contribution in [2.45, 2.75) is 0 Å². The summed E-state index contributed by atoms with van der Waals surface area (Å²) in [6.45, 7) is 0. The van der Waals surface area contributed by atoms with Gasteiger partial charge in [0.2, 0.25) is 17.2 Å². The Hall–Kier alpha value is -9.31. The first-order valence-corrected chi connectivity index (χ1v) is 18.9. The normalized spacial score (nSPS) is 11.9. The maximum absolute atomic E-state index is 11.8. The van der Waals surface area contributed by atoms with Gasteiger partial charge in [0, 0.05) is 38.7 Å². The second-order valence-electron chi connectivity index (χ2n) is 14.8. The first-order valence-electron chi connectivity index (χ1n) is 18.9. The number of phenolic OH excluding ortho intramolecular Hbond substituents is 11. The van der Waals surface area contributed by atoms with Crippen molar-refractivity contribution in [3.63, 3.8) is 0 Å². The van der Waals surface area contributed by atoms with Crippen molar-refractivity contribution >= 4 is 65.4 Å².